The van der Waals surface area contributed by atoms with Crippen molar-refractivity contribution in [1.82, 2.24) is 0 Å². The van der Waals surface area contributed by atoms with Crippen LogP contribution < -0.4 is 0 Å². The molecule has 0 aliphatic carbocycles. The van der Waals surface area contributed by atoms with Crippen molar-refractivity contribution in [3.63, 3.8) is 0 Å². The third-order valence-corrected chi connectivity index (χ3v) is 14.7. The number of rotatable bonds is 27. The molecule has 7 rings (SSSR count). The summed E-state index contributed by atoms with van der Waals surface area (Å²) in [4.78, 5) is 12.9. The van der Waals surface area contributed by atoms with Gasteiger partial charge in [-0.3, -0.25) is 0 Å². The van der Waals surface area contributed by atoms with E-state index in [9.17, 15) is 9.90 Å². The highest BCUT2D eigenvalue weighted by Gasteiger charge is 2.59. The van der Waals surface area contributed by atoms with Crippen LogP contribution in [0.15, 0.2) is 30.3 Å². The van der Waals surface area contributed by atoms with Gasteiger partial charge in [-0.1, -0.05) is 18.2 Å². The molecule has 2 bridgehead atoms. The van der Waals surface area contributed by atoms with Crippen LogP contribution in [0.2, 0.25) is 0 Å². The molecule has 26 nitrogen and oxygen atoms in total. The second kappa shape index (κ2) is 29.4. The van der Waals surface area contributed by atoms with Crippen molar-refractivity contribution in [3.05, 3.63) is 35.9 Å². The molecule has 6 heterocycles. The summed E-state index contributed by atoms with van der Waals surface area (Å²) in [6.07, 6.45) is -22.9. The van der Waals surface area contributed by atoms with Gasteiger partial charge in [-0.05, 0) is 12.1 Å². The molecule has 6 saturated heterocycles. The van der Waals surface area contributed by atoms with Gasteiger partial charge in [-0.2, -0.15) is 0 Å². The van der Waals surface area contributed by atoms with Crippen molar-refractivity contribution in [2.75, 3.05) is 125 Å². The van der Waals surface area contributed by atoms with E-state index in [4.69, 9.17) is 114 Å². The van der Waals surface area contributed by atoms with E-state index in [-0.39, 0.29) is 33.0 Å². The number of methoxy groups -OCH3 is 13. The Bertz CT molecular complexity index is 1840. The molecular formula is C50H80O26. The van der Waals surface area contributed by atoms with Gasteiger partial charge in [-0.15, -0.1) is 0 Å². The molecule has 0 radical (unpaired) electrons. The van der Waals surface area contributed by atoms with E-state index in [0.29, 0.717) is 5.56 Å². The van der Waals surface area contributed by atoms with Gasteiger partial charge < -0.3 is 119 Å². The molecule has 0 amide bonds. The second-order valence-electron chi connectivity index (χ2n) is 18.8. The predicted molar refractivity (Wildman–Crippen MR) is 255 cm³/mol. The first-order valence-corrected chi connectivity index (χ1v) is 25.1. The van der Waals surface area contributed by atoms with Crippen LogP contribution in [0.5, 0.6) is 0 Å². The number of aliphatic hydroxyl groups is 1. The summed E-state index contributed by atoms with van der Waals surface area (Å²) in [5.41, 5.74) is 0.325. The third kappa shape index (κ3) is 13.2. The van der Waals surface area contributed by atoms with Crippen LogP contribution in [0.3, 0.4) is 0 Å². The fraction of sp³-hybridized carbons (Fsp3) is 0.860. The summed E-state index contributed by atoms with van der Waals surface area (Å²) < 4.78 is 148. The van der Waals surface area contributed by atoms with E-state index in [1.807, 2.05) is 0 Å². The number of carbonyl (C=O) groups is 1. The zero-order valence-corrected chi connectivity index (χ0v) is 45.5. The number of ether oxygens (including phenoxy) is 24. The lowest BCUT2D eigenvalue weighted by Crippen LogP contribution is -2.69. The molecule has 0 spiro atoms. The van der Waals surface area contributed by atoms with Crippen molar-refractivity contribution in [2.24, 2.45) is 0 Å². The van der Waals surface area contributed by atoms with E-state index >= 15 is 0 Å². The number of fused-ring (bicyclic) bond motifs is 2. The molecule has 1 aromatic rings. The van der Waals surface area contributed by atoms with Gasteiger partial charge in [0.05, 0.1) is 32.0 Å². The summed E-state index contributed by atoms with van der Waals surface area (Å²) in [7, 11) is 19.5. The normalized spacial score (nSPS) is 42.7. The van der Waals surface area contributed by atoms with E-state index in [1.54, 1.807) is 44.6 Å². The fourth-order valence-electron chi connectivity index (χ4n) is 11.0. The topological polar surface area (TPSA) is 259 Å². The molecule has 25 atom stereocenters. The maximum absolute atomic E-state index is 12.9. The average molecular weight is 1100 g/mol. The molecule has 1 N–H and O–H groups in total. The number of esters is 1. The first-order chi connectivity index (χ1) is 37.0. The number of hydrogen-bond acceptors (Lipinski definition) is 26. The zero-order chi connectivity index (χ0) is 54.6. The van der Waals surface area contributed by atoms with Crippen molar-refractivity contribution >= 4 is 5.97 Å². The van der Waals surface area contributed by atoms with E-state index in [2.05, 4.69) is 0 Å². The monoisotopic (exact) mass is 1100 g/mol. The molecular weight excluding hydrogens is 1020 g/mol. The summed E-state index contributed by atoms with van der Waals surface area (Å²) in [5.74, 6) is -0.608. The Morgan fingerprint density at radius 2 is 0.776 bits per heavy atom. The fourth-order valence-corrected chi connectivity index (χ4v) is 11.0. The van der Waals surface area contributed by atoms with Gasteiger partial charge in [0.1, 0.15) is 129 Å². The Morgan fingerprint density at radius 3 is 1.16 bits per heavy atom. The smallest absolute Gasteiger partial charge is 0.338 e. The minimum Gasteiger partial charge on any atom is -0.459 e. The number of hydrogen-bond donors (Lipinski definition) is 1. The number of carbonyl (C=O) groups excluding carboxylic acids is 1. The van der Waals surface area contributed by atoms with Crippen LogP contribution >= 0.6 is 0 Å². The van der Waals surface area contributed by atoms with Crippen molar-refractivity contribution in [3.8, 4) is 0 Å². The highest BCUT2D eigenvalue weighted by Crippen LogP contribution is 2.40. The van der Waals surface area contributed by atoms with Crippen LogP contribution in [0.1, 0.15) is 10.4 Å². The Balaban J connectivity index is 1.09. The van der Waals surface area contributed by atoms with Gasteiger partial charge >= 0.3 is 5.97 Å². The van der Waals surface area contributed by atoms with Crippen LogP contribution in [-0.4, -0.2) is 290 Å². The lowest BCUT2D eigenvalue weighted by Gasteiger charge is -2.52. The molecule has 1 aromatic carbocycles. The minimum absolute atomic E-state index is 0.0107. The number of benzene rings is 1. The van der Waals surface area contributed by atoms with Crippen LogP contribution in [0, 0.1) is 0 Å². The molecule has 6 aliphatic rings. The summed E-state index contributed by atoms with van der Waals surface area (Å²) in [6, 6.07) is 8.44. The Morgan fingerprint density at radius 1 is 0.421 bits per heavy atom. The highest BCUT2D eigenvalue weighted by atomic mass is 16.8. The van der Waals surface area contributed by atoms with E-state index in [0.717, 1.165) is 0 Å². The molecule has 26 heteroatoms. The molecule has 436 valence electrons. The van der Waals surface area contributed by atoms with E-state index in [1.165, 1.54) is 78.2 Å². The molecule has 0 saturated carbocycles. The molecule has 10 unspecified atom stereocenters. The summed E-state index contributed by atoms with van der Waals surface area (Å²) in [5, 5.41) is 11.4. The van der Waals surface area contributed by atoms with Crippen LogP contribution in [0.4, 0.5) is 0 Å². The van der Waals surface area contributed by atoms with Crippen molar-refractivity contribution in [1.29, 1.82) is 0 Å². The van der Waals surface area contributed by atoms with Crippen molar-refractivity contribution < 1.29 is 124 Å². The lowest BCUT2D eigenvalue weighted by atomic mass is 9.95. The van der Waals surface area contributed by atoms with Gasteiger partial charge in [0.15, 0.2) is 31.5 Å². The van der Waals surface area contributed by atoms with Gasteiger partial charge in [-0.25, -0.2) is 4.79 Å². The lowest BCUT2D eigenvalue weighted by molar-refractivity contribution is -0.397. The van der Waals surface area contributed by atoms with Crippen molar-refractivity contribution in [2.45, 2.75) is 154 Å². The maximum Gasteiger partial charge on any atom is 0.338 e. The zero-order valence-electron chi connectivity index (χ0n) is 45.5. The molecule has 76 heavy (non-hydrogen) atoms. The van der Waals surface area contributed by atoms with Gasteiger partial charge in [0, 0.05) is 92.4 Å². The van der Waals surface area contributed by atoms with Crippen LogP contribution in [0.25, 0.3) is 0 Å². The molecule has 0 aromatic heterocycles. The van der Waals surface area contributed by atoms with E-state index < -0.39 is 159 Å². The quantitative estimate of drug-likeness (QED) is 0.109. The maximum atomic E-state index is 12.9. The first kappa shape index (κ1) is 61.4. The first-order valence-electron chi connectivity index (χ1n) is 25.1. The Labute approximate surface area is 443 Å². The number of aliphatic hydroxyl groups excluding tert-OH is 1. The Hall–Kier alpha value is -2.27. The third-order valence-electron chi connectivity index (χ3n) is 14.7. The summed E-state index contributed by atoms with van der Waals surface area (Å²) in [6.45, 7) is -0.0782. The SMILES string of the molecule is COCC1O[C@@H](O[C@@H]2C(COC)O[C@@H](O[C@H]3C(OC)C(OC)[C@@H]4OC[C@@H]3O4)[C@@H](OC)C2OC)[C@@H](OC)C(OC)[C@@H]1O[C@@H]1O[C@@H](COC)[C@@H](O[C@H]2O[C@@H](COC(=O)c3ccccc3)[C@@H](O)C(OC)C2OC)C(OC)C1OC. The summed E-state index contributed by atoms with van der Waals surface area (Å²) >= 11 is 0. The molecule has 6 fully saturated rings. The van der Waals surface area contributed by atoms with Gasteiger partial charge in [0.2, 0.25) is 0 Å². The molecule has 6 aliphatic heterocycles. The largest absolute Gasteiger partial charge is 0.459 e. The second-order valence-corrected chi connectivity index (χ2v) is 18.8. The average Bonchev–Trinajstić information content (AvgIpc) is 3.87. The van der Waals surface area contributed by atoms with Crippen LogP contribution in [-0.2, 0) is 114 Å². The standard InChI is InChI=1S/C50H80O26/c1-53-19-26-31(73-47-40(61-9)35(56-4)30(51)25(68-47)22-66-45(52)24-17-15-14-16-18-24)37(58-6)42(63-11)48(70-26)74-32-27(20-54-2)71-49(43(64-12)38(32)59-7)75-33-28(21-55-3)72-50(44(65-13)39(33)60-8)76-34-29-23-67-46(69-29)41(62-10)36(34)57-5/h14-18,25-44,46-51H,19-23H2,1-13H3/t25-,26-,27?,28?,29-,30+,31+,32+,33+,34+,35?,36?,37?,38?,39?,40?,41?,42?,43-,44-,46+,47+,48-,49-,50-/m0/s1. The van der Waals surface area contributed by atoms with Gasteiger partial charge in [0.25, 0.3) is 0 Å². The Kier molecular flexibility index (Phi) is 23.8. The minimum atomic E-state index is -1.28. The highest BCUT2D eigenvalue weighted by molar-refractivity contribution is 5.89. The predicted octanol–water partition coefficient (Wildman–Crippen LogP) is -0.511.